The second kappa shape index (κ2) is 6.62. The number of benzene rings is 1. The van der Waals surface area contributed by atoms with E-state index in [1.165, 1.54) is 5.56 Å². The molecule has 0 bridgehead atoms. The lowest BCUT2D eigenvalue weighted by atomic mass is 10.2. The van der Waals surface area contributed by atoms with Gasteiger partial charge >= 0.3 is 0 Å². The summed E-state index contributed by atoms with van der Waals surface area (Å²) in [5.74, 6) is 0.871. The van der Waals surface area contributed by atoms with E-state index in [2.05, 4.69) is 56.2 Å². The molecule has 0 fully saturated rings. The fraction of sp³-hybridized carbons (Fsp3) is 0.500. The van der Waals surface area contributed by atoms with Gasteiger partial charge in [0.2, 0.25) is 0 Å². The van der Waals surface area contributed by atoms with Crippen LogP contribution >= 0.6 is 31.9 Å². The van der Waals surface area contributed by atoms with Crippen molar-refractivity contribution in [3.63, 3.8) is 0 Å². The first kappa shape index (κ1) is 14.0. The third-order valence-electron chi connectivity index (χ3n) is 1.99. The second-order valence-electron chi connectivity index (χ2n) is 3.84. The van der Waals surface area contributed by atoms with Gasteiger partial charge < -0.3 is 10.1 Å². The summed E-state index contributed by atoms with van der Waals surface area (Å²) < 4.78 is 7.70. The molecule has 0 amide bonds. The van der Waals surface area contributed by atoms with E-state index >= 15 is 0 Å². The summed E-state index contributed by atoms with van der Waals surface area (Å²) in [7, 11) is 0. The minimum absolute atomic E-state index is 0.173. The molecule has 0 aromatic heterocycles. The molecule has 0 saturated carbocycles. The number of hydrogen-bond acceptors (Lipinski definition) is 2. The van der Waals surface area contributed by atoms with Crippen molar-refractivity contribution < 1.29 is 4.74 Å². The highest BCUT2D eigenvalue weighted by atomic mass is 79.9. The summed E-state index contributed by atoms with van der Waals surface area (Å²) in [5.41, 5.74) is 1.23. The average Bonchev–Trinajstić information content (AvgIpc) is 2.20. The van der Waals surface area contributed by atoms with E-state index in [4.69, 9.17) is 4.74 Å². The molecule has 1 aromatic carbocycles. The van der Waals surface area contributed by atoms with Gasteiger partial charge in [0.05, 0.1) is 15.0 Å². The standard InChI is InChI=1S/C12H17Br2NO/c1-4-15-7-9-5-10(13)12(11(14)6-9)16-8(2)3/h5-6,8,15H,4,7H2,1-3H3. The Kier molecular flexibility index (Phi) is 5.79. The van der Waals surface area contributed by atoms with Crippen LogP contribution in [-0.4, -0.2) is 12.6 Å². The molecule has 90 valence electrons. The summed E-state index contributed by atoms with van der Waals surface area (Å²) in [6.07, 6.45) is 0.173. The number of ether oxygens (including phenoxy) is 1. The molecule has 0 spiro atoms. The second-order valence-corrected chi connectivity index (χ2v) is 5.54. The maximum atomic E-state index is 5.72. The zero-order valence-electron chi connectivity index (χ0n) is 9.81. The van der Waals surface area contributed by atoms with Crippen LogP contribution in [0.3, 0.4) is 0 Å². The quantitative estimate of drug-likeness (QED) is 0.862. The van der Waals surface area contributed by atoms with E-state index in [1.54, 1.807) is 0 Å². The molecule has 0 atom stereocenters. The molecule has 0 saturated heterocycles. The van der Waals surface area contributed by atoms with Gasteiger partial charge in [0.15, 0.2) is 0 Å². The summed E-state index contributed by atoms with van der Waals surface area (Å²) >= 11 is 7.07. The summed E-state index contributed by atoms with van der Waals surface area (Å²) in [6, 6.07) is 4.18. The van der Waals surface area contributed by atoms with Gasteiger partial charge in [-0.2, -0.15) is 0 Å². The van der Waals surface area contributed by atoms with Crippen molar-refractivity contribution in [1.29, 1.82) is 0 Å². The molecule has 0 aliphatic rings. The van der Waals surface area contributed by atoms with Gasteiger partial charge in [0, 0.05) is 6.54 Å². The SMILES string of the molecule is CCNCc1cc(Br)c(OC(C)C)c(Br)c1. The van der Waals surface area contributed by atoms with Crippen molar-refractivity contribution in [2.45, 2.75) is 33.4 Å². The van der Waals surface area contributed by atoms with Gasteiger partial charge in [-0.05, 0) is 69.9 Å². The molecule has 2 nitrogen and oxygen atoms in total. The summed E-state index contributed by atoms with van der Waals surface area (Å²) in [6.45, 7) is 7.98. The third kappa shape index (κ3) is 4.07. The van der Waals surface area contributed by atoms with Crippen molar-refractivity contribution >= 4 is 31.9 Å². The maximum Gasteiger partial charge on any atom is 0.148 e. The Hall–Kier alpha value is -0.0600. The average molecular weight is 351 g/mol. The Labute approximate surface area is 114 Å². The van der Waals surface area contributed by atoms with Crippen LogP contribution < -0.4 is 10.1 Å². The highest BCUT2D eigenvalue weighted by Crippen LogP contribution is 2.35. The van der Waals surface area contributed by atoms with Gasteiger partial charge in [0.1, 0.15) is 5.75 Å². The molecule has 0 heterocycles. The zero-order valence-corrected chi connectivity index (χ0v) is 13.0. The molecule has 16 heavy (non-hydrogen) atoms. The minimum atomic E-state index is 0.173. The Bertz CT molecular complexity index is 330. The van der Waals surface area contributed by atoms with Crippen molar-refractivity contribution in [2.24, 2.45) is 0 Å². The van der Waals surface area contributed by atoms with Crippen LogP contribution in [0, 0.1) is 0 Å². The fourth-order valence-corrected chi connectivity index (χ4v) is 2.80. The highest BCUT2D eigenvalue weighted by Gasteiger charge is 2.10. The van der Waals surface area contributed by atoms with E-state index in [9.17, 15) is 0 Å². The first-order valence-electron chi connectivity index (χ1n) is 5.39. The van der Waals surface area contributed by atoms with Gasteiger partial charge in [0.25, 0.3) is 0 Å². The van der Waals surface area contributed by atoms with E-state index in [-0.39, 0.29) is 6.10 Å². The van der Waals surface area contributed by atoms with Crippen molar-refractivity contribution in [1.82, 2.24) is 5.32 Å². The molecule has 0 unspecified atom stereocenters. The lowest BCUT2D eigenvalue weighted by Crippen LogP contribution is -2.12. The van der Waals surface area contributed by atoms with Crippen molar-refractivity contribution in [3.8, 4) is 5.75 Å². The monoisotopic (exact) mass is 349 g/mol. The van der Waals surface area contributed by atoms with Crippen LogP contribution in [0.2, 0.25) is 0 Å². The lowest BCUT2D eigenvalue weighted by Gasteiger charge is -2.14. The molecule has 1 aromatic rings. The van der Waals surface area contributed by atoms with Crippen LogP contribution in [0.25, 0.3) is 0 Å². The van der Waals surface area contributed by atoms with E-state index < -0.39 is 0 Å². The number of halogens is 2. The van der Waals surface area contributed by atoms with Crippen LogP contribution in [-0.2, 0) is 6.54 Å². The Morgan fingerprint density at radius 3 is 2.25 bits per heavy atom. The topological polar surface area (TPSA) is 21.3 Å². The molecular formula is C12H17Br2NO. The number of nitrogens with one attached hydrogen (secondary N) is 1. The van der Waals surface area contributed by atoms with Gasteiger partial charge in [-0.1, -0.05) is 6.92 Å². The largest absolute Gasteiger partial charge is 0.489 e. The maximum absolute atomic E-state index is 5.72. The van der Waals surface area contributed by atoms with Gasteiger partial charge in [-0.25, -0.2) is 0 Å². The summed E-state index contributed by atoms with van der Waals surface area (Å²) in [5, 5.41) is 3.30. The third-order valence-corrected chi connectivity index (χ3v) is 3.17. The molecule has 4 heteroatoms. The van der Waals surface area contributed by atoms with Crippen molar-refractivity contribution in [2.75, 3.05) is 6.54 Å². The molecule has 0 aliphatic carbocycles. The number of rotatable bonds is 5. The highest BCUT2D eigenvalue weighted by molar-refractivity contribution is 9.11. The minimum Gasteiger partial charge on any atom is -0.489 e. The smallest absolute Gasteiger partial charge is 0.148 e. The van der Waals surface area contributed by atoms with Crippen LogP contribution in [0.15, 0.2) is 21.1 Å². The molecular weight excluding hydrogens is 334 g/mol. The predicted octanol–water partition coefficient (Wildman–Crippen LogP) is 4.11. The predicted molar refractivity (Wildman–Crippen MR) is 75.0 cm³/mol. The van der Waals surface area contributed by atoms with E-state index in [0.717, 1.165) is 27.8 Å². The molecule has 1 N–H and O–H groups in total. The zero-order chi connectivity index (χ0) is 12.1. The Morgan fingerprint density at radius 1 is 1.25 bits per heavy atom. The fourth-order valence-electron chi connectivity index (χ4n) is 1.33. The Morgan fingerprint density at radius 2 is 1.81 bits per heavy atom. The van der Waals surface area contributed by atoms with Crippen LogP contribution in [0.1, 0.15) is 26.3 Å². The van der Waals surface area contributed by atoms with Gasteiger partial charge in [-0.3, -0.25) is 0 Å². The first-order valence-corrected chi connectivity index (χ1v) is 6.98. The molecule has 0 aliphatic heterocycles. The van der Waals surface area contributed by atoms with Crippen molar-refractivity contribution in [3.05, 3.63) is 26.6 Å². The Balaban J connectivity index is 2.89. The lowest BCUT2D eigenvalue weighted by molar-refractivity contribution is 0.239. The van der Waals surface area contributed by atoms with E-state index in [0.29, 0.717) is 0 Å². The van der Waals surface area contributed by atoms with Crippen LogP contribution in [0.5, 0.6) is 5.75 Å². The van der Waals surface area contributed by atoms with E-state index in [1.807, 2.05) is 13.8 Å². The molecule has 0 radical (unpaired) electrons. The first-order chi connectivity index (χ1) is 7.54. The normalized spacial score (nSPS) is 10.9. The number of hydrogen-bond donors (Lipinski definition) is 1. The molecule has 1 rings (SSSR count). The van der Waals surface area contributed by atoms with Crippen LogP contribution in [0.4, 0.5) is 0 Å². The summed E-state index contributed by atoms with van der Waals surface area (Å²) in [4.78, 5) is 0. The van der Waals surface area contributed by atoms with Gasteiger partial charge in [-0.15, -0.1) is 0 Å².